The van der Waals surface area contributed by atoms with Gasteiger partial charge in [-0.3, -0.25) is 4.79 Å². The minimum atomic E-state index is -0.205. The van der Waals surface area contributed by atoms with Crippen LogP contribution in [-0.4, -0.2) is 12.5 Å². The molecule has 0 spiro atoms. The van der Waals surface area contributed by atoms with Gasteiger partial charge in [-0.25, -0.2) is 0 Å². The zero-order chi connectivity index (χ0) is 13.7. The molecular weight excluding hydrogens is 281 g/mol. The van der Waals surface area contributed by atoms with E-state index < -0.39 is 0 Å². The maximum Gasteiger partial charge on any atom is 0.252 e. The molecular formula is C15H13Cl2NO. The molecule has 0 unspecified atom stereocenters. The van der Waals surface area contributed by atoms with E-state index in [9.17, 15) is 4.79 Å². The third-order valence-electron chi connectivity index (χ3n) is 2.74. The lowest BCUT2D eigenvalue weighted by Gasteiger charge is -2.07. The largest absolute Gasteiger partial charge is 0.352 e. The number of rotatable bonds is 4. The number of benzene rings is 2. The Hall–Kier alpha value is -1.51. The lowest BCUT2D eigenvalue weighted by atomic mass is 10.1. The van der Waals surface area contributed by atoms with E-state index in [4.69, 9.17) is 23.2 Å². The molecule has 0 heterocycles. The summed E-state index contributed by atoms with van der Waals surface area (Å²) in [6, 6.07) is 15.0. The fourth-order valence-corrected chi connectivity index (χ4v) is 2.13. The number of nitrogens with one attached hydrogen (secondary N) is 1. The Bertz CT molecular complexity index is 570. The van der Waals surface area contributed by atoms with Gasteiger partial charge in [0, 0.05) is 6.54 Å². The molecule has 0 aromatic heterocycles. The number of amides is 1. The zero-order valence-electron chi connectivity index (χ0n) is 10.2. The summed E-state index contributed by atoms with van der Waals surface area (Å²) in [6.45, 7) is 0.561. The molecule has 98 valence electrons. The Balaban J connectivity index is 1.93. The highest BCUT2D eigenvalue weighted by molar-refractivity contribution is 6.43. The van der Waals surface area contributed by atoms with Crippen molar-refractivity contribution in [2.24, 2.45) is 0 Å². The third kappa shape index (κ3) is 3.72. The molecule has 0 aliphatic carbocycles. The quantitative estimate of drug-likeness (QED) is 0.908. The Morgan fingerprint density at radius 1 is 1.00 bits per heavy atom. The van der Waals surface area contributed by atoms with Crippen molar-refractivity contribution in [2.75, 3.05) is 6.54 Å². The second-order valence-corrected chi connectivity index (χ2v) is 4.88. The first-order valence-corrected chi connectivity index (χ1v) is 6.70. The van der Waals surface area contributed by atoms with E-state index in [-0.39, 0.29) is 5.91 Å². The number of hydrogen-bond acceptors (Lipinski definition) is 1. The average Bonchev–Trinajstić information content (AvgIpc) is 2.43. The normalized spacial score (nSPS) is 10.2. The second-order valence-electron chi connectivity index (χ2n) is 4.09. The number of carbonyl (C=O) groups excluding carboxylic acids is 1. The highest BCUT2D eigenvalue weighted by Gasteiger charge is 2.11. The fraction of sp³-hybridized carbons (Fsp3) is 0.133. The summed E-state index contributed by atoms with van der Waals surface area (Å²) in [4.78, 5) is 12.0. The summed E-state index contributed by atoms with van der Waals surface area (Å²) in [5.74, 6) is -0.205. The number of carbonyl (C=O) groups is 1. The first kappa shape index (κ1) is 13.9. The molecule has 19 heavy (non-hydrogen) atoms. The van der Waals surface area contributed by atoms with Gasteiger partial charge in [0.2, 0.25) is 0 Å². The van der Waals surface area contributed by atoms with Crippen molar-refractivity contribution in [1.29, 1.82) is 0 Å². The molecule has 4 heteroatoms. The van der Waals surface area contributed by atoms with E-state index in [1.165, 1.54) is 5.56 Å². The summed E-state index contributed by atoms with van der Waals surface area (Å²) >= 11 is 11.9. The van der Waals surface area contributed by atoms with E-state index in [1.54, 1.807) is 18.2 Å². The molecule has 0 fully saturated rings. The van der Waals surface area contributed by atoms with Gasteiger partial charge in [0.05, 0.1) is 15.6 Å². The molecule has 1 N–H and O–H groups in total. The van der Waals surface area contributed by atoms with E-state index in [2.05, 4.69) is 5.32 Å². The molecule has 1 amide bonds. The van der Waals surface area contributed by atoms with Crippen LogP contribution in [0.3, 0.4) is 0 Å². The van der Waals surface area contributed by atoms with Crippen molar-refractivity contribution in [3.63, 3.8) is 0 Å². The van der Waals surface area contributed by atoms with Gasteiger partial charge in [0.15, 0.2) is 0 Å². The minimum Gasteiger partial charge on any atom is -0.352 e. The van der Waals surface area contributed by atoms with Crippen LogP contribution in [0.4, 0.5) is 0 Å². The highest BCUT2D eigenvalue weighted by atomic mass is 35.5. The molecule has 0 aliphatic rings. The van der Waals surface area contributed by atoms with E-state index >= 15 is 0 Å². The SMILES string of the molecule is O=C(NCCc1ccccc1)c1cccc(Cl)c1Cl. The van der Waals surface area contributed by atoms with Crippen LogP contribution in [0, 0.1) is 0 Å². The molecule has 2 nitrogen and oxygen atoms in total. The van der Waals surface area contributed by atoms with Crippen LogP contribution < -0.4 is 5.32 Å². The second kappa shape index (κ2) is 6.60. The van der Waals surface area contributed by atoms with Crippen molar-refractivity contribution in [2.45, 2.75) is 6.42 Å². The molecule has 0 aliphatic heterocycles. The zero-order valence-corrected chi connectivity index (χ0v) is 11.7. The van der Waals surface area contributed by atoms with E-state index in [0.29, 0.717) is 22.2 Å². The first-order chi connectivity index (χ1) is 9.18. The molecule has 2 rings (SSSR count). The number of halogens is 2. The van der Waals surface area contributed by atoms with Crippen LogP contribution in [0.5, 0.6) is 0 Å². The van der Waals surface area contributed by atoms with Crippen molar-refractivity contribution in [3.8, 4) is 0 Å². The summed E-state index contributed by atoms with van der Waals surface area (Å²) in [5, 5.41) is 3.51. The van der Waals surface area contributed by atoms with Gasteiger partial charge in [0.1, 0.15) is 0 Å². The average molecular weight is 294 g/mol. The van der Waals surface area contributed by atoms with Crippen molar-refractivity contribution in [3.05, 3.63) is 69.7 Å². The molecule has 0 saturated carbocycles. The van der Waals surface area contributed by atoms with E-state index in [1.807, 2.05) is 30.3 Å². The standard InChI is InChI=1S/C15H13Cl2NO/c16-13-8-4-7-12(14(13)17)15(19)18-10-9-11-5-2-1-3-6-11/h1-8H,9-10H2,(H,18,19). The summed E-state index contributed by atoms with van der Waals surface area (Å²) in [5.41, 5.74) is 1.59. The Kier molecular flexibility index (Phi) is 4.83. The molecule has 0 atom stereocenters. The fourth-order valence-electron chi connectivity index (χ4n) is 1.74. The van der Waals surface area contributed by atoms with Crippen LogP contribution in [0.15, 0.2) is 48.5 Å². The van der Waals surface area contributed by atoms with Gasteiger partial charge in [-0.1, -0.05) is 59.6 Å². The maximum absolute atomic E-state index is 12.0. The van der Waals surface area contributed by atoms with Crippen molar-refractivity contribution < 1.29 is 4.79 Å². The minimum absolute atomic E-state index is 0.205. The van der Waals surface area contributed by atoms with Crippen LogP contribution in [0.1, 0.15) is 15.9 Å². The topological polar surface area (TPSA) is 29.1 Å². The van der Waals surface area contributed by atoms with Gasteiger partial charge >= 0.3 is 0 Å². The predicted octanol–water partition coefficient (Wildman–Crippen LogP) is 3.97. The van der Waals surface area contributed by atoms with Crippen LogP contribution >= 0.6 is 23.2 Å². The Labute approximate surface area is 122 Å². The van der Waals surface area contributed by atoms with E-state index in [0.717, 1.165) is 6.42 Å². The highest BCUT2D eigenvalue weighted by Crippen LogP contribution is 2.25. The molecule has 0 bridgehead atoms. The smallest absolute Gasteiger partial charge is 0.252 e. The molecule has 0 saturated heterocycles. The molecule has 2 aromatic rings. The van der Waals surface area contributed by atoms with Gasteiger partial charge in [-0.15, -0.1) is 0 Å². The summed E-state index contributed by atoms with van der Waals surface area (Å²) in [6.07, 6.45) is 0.783. The monoisotopic (exact) mass is 293 g/mol. The van der Waals surface area contributed by atoms with Gasteiger partial charge < -0.3 is 5.32 Å². The van der Waals surface area contributed by atoms with Crippen LogP contribution in [0.2, 0.25) is 10.0 Å². The lowest BCUT2D eigenvalue weighted by molar-refractivity contribution is 0.0954. The Morgan fingerprint density at radius 3 is 2.47 bits per heavy atom. The van der Waals surface area contributed by atoms with Crippen molar-refractivity contribution >= 4 is 29.1 Å². The molecule has 0 radical (unpaired) electrons. The lowest BCUT2D eigenvalue weighted by Crippen LogP contribution is -2.26. The summed E-state index contributed by atoms with van der Waals surface area (Å²) in [7, 11) is 0. The predicted molar refractivity (Wildman–Crippen MR) is 78.9 cm³/mol. The van der Waals surface area contributed by atoms with Gasteiger partial charge in [0.25, 0.3) is 5.91 Å². The number of hydrogen-bond donors (Lipinski definition) is 1. The molecule has 2 aromatic carbocycles. The van der Waals surface area contributed by atoms with Crippen molar-refractivity contribution in [1.82, 2.24) is 5.32 Å². The van der Waals surface area contributed by atoms with Crippen LogP contribution in [0.25, 0.3) is 0 Å². The maximum atomic E-state index is 12.0. The van der Waals surface area contributed by atoms with Gasteiger partial charge in [-0.2, -0.15) is 0 Å². The first-order valence-electron chi connectivity index (χ1n) is 5.94. The van der Waals surface area contributed by atoms with Crippen LogP contribution in [-0.2, 0) is 6.42 Å². The summed E-state index contributed by atoms with van der Waals surface area (Å²) < 4.78 is 0. The van der Waals surface area contributed by atoms with Gasteiger partial charge in [-0.05, 0) is 24.1 Å². The Morgan fingerprint density at radius 2 is 1.74 bits per heavy atom. The third-order valence-corrected chi connectivity index (χ3v) is 3.56.